The minimum atomic E-state index is -0.406. The Bertz CT molecular complexity index is 1080. The van der Waals surface area contributed by atoms with Crippen LogP contribution in [0, 0.1) is 19.3 Å². The van der Waals surface area contributed by atoms with E-state index in [1.165, 1.54) is 6.20 Å². The highest BCUT2D eigenvalue weighted by Gasteiger charge is 2.32. The Morgan fingerprint density at radius 3 is 2.65 bits per heavy atom. The van der Waals surface area contributed by atoms with Crippen molar-refractivity contribution in [3.8, 4) is 17.0 Å². The fraction of sp³-hybridized carbons (Fsp3) is 0.304. The van der Waals surface area contributed by atoms with Gasteiger partial charge in [0.2, 0.25) is 0 Å². The first-order chi connectivity index (χ1) is 14.9. The van der Waals surface area contributed by atoms with Crippen molar-refractivity contribution in [2.45, 2.75) is 20.8 Å². The molecule has 1 saturated heterocycles. The molecule has 160 valence electrons. The molecule has 3 N–H and O–H groups in total. The van der Waals surface area contributed by atoms with E-state index in [4.69, 9.17) is 4.74 Å². The molecule has 0 atom stereocenters. The number of hydrogen-bond donors (Lipinski definition) is 3. The highest BCUT2D eigenvalue weighted by Crippen LogP contribution is 2.28. The summed E-state index contributed by atoms with van der Waals surface area (Å²) >= 11 is 0. The van der Waals surface area contributed by atoms with Crippen LogP contribution in [0.2, 0.25) is 0 Å². The fourth-order valence-electron chi connectivity index (χ4n) is 3.26. The van der Waals surface area contributed by atoms with Crippen molar-refractivity contribution in [3.63, 3.8) is 0 Å². The smallest absolute Gasteiger partial charge is 0.324 e. The van der Waals surface area contributed by atoms with E-state index in [9.17, 15) is 4.79 Å². The summed E-state index contributed by atoms with van der Waals surface area (Å²) in [5, 5.41) is 8.72. The predicted octanol–water partition coefficient (Wildman–Crippen LogP) is 3.79. The van der Waals surface area contributed by atoms with E-state index < -0.39 is 6.03 Å². The van der Waals surface area contributed by atoms with Crippen molar-refractivity contribution in [2.75, 3.05) is 30.3 Å². The average molecular weight is 419 g/mol. The average Bonchev–Trinajstić information content (AvgIpc) is 2.73. The second-order valence-electron chi connectivity index (χ2n) is 8.24. The number of ether oxygens (including phenoxy) is 1. The van der Waals surface area contributed by atoms with Crippen LogP contribution >= 0.6 is 0 Å². The molecule has 8 nitrogen and oxygen atoms in total. The van der Waals surface area contributed by atoms with E-state index in [-0.39, 0.29) is 5.41 Å². The summed E-state index contributed by atoms with van der Waals surface area (Å²) in [5.41, 5.74) is 4.28. The Morgan fingerprint density at radius 2 is 1.97 bits per heavy atom. The standard InChI is InChI=1S/C23H26N6O2/c1-15-8-17(5-7-20(15)31-14-23(3)12-25-13-23)19-10-24-11-21(28-19)29-22(30)27-18-6-4-16(2)26-9-18/h4-11,25H,12-14H2,1-3H3,(H2,27,28,29,30). The van der Waals surface area contributed by atoms with Gasteiger partial charge < -0.3 is 15.4 Å². The third kappa shape index (κ3) is 5.16. The summed E-state index contributed by atoms with van der Waals surface area (Å²) in [6, 6.07) is 9.14. The lowest BCUT2D eigenvalue weighted by atomic mass is 9.85. The molecule has 3 heterocycles. The van der Waals surface area contributed by atoms with Gasteiger partial charge in [0.15, 0.2) is 5.82 Å². The van der Waals surface area contributed by atoms with Crippen molar-refractivity contribution in [1.29, 1.82) is 0 Å². The summed E-state index contributed by atoms with van der Waals surface area (Å²) in [4.78, 5) is 25.2. The molecule has 1 aliphatic heterocycles. The number of nitrogens with one attached hydrogen (secondary N) is 3. The number of urea groups is 1. The van der Waals surface area contributed by atoms with Gasteiger partial charge in [-0.1, -0.05) is 6.92 Å². The fourth-order valence-corrected chi connectivity index (χ4v) is 3.26. The Labute approximate surface area is 181 Å². The molecule has 1 aliphatic rings. The molecule has 0 aliphatic carbocycles. The van der Waals surface area contributed by atoms with Gasteiger partial charge in [-0.15, -0.1) is 0 Å². The van der Waals surface area contributed by atoms with Crippen LogP contribution in [0.3, 0.4) is 0 Å². The van der Waals surface area contributed by atoms with Crippen LogP contribution in [0.5, 0.6) is 5.75 Å². The number of carbonyl (C=O) groups excluding carboxylic acids is 1. The molecular weight excluding hydrogens is 392 g/mol. The van der Waals surface area contributed by atoms with Crippen LogP contribution in [0.15, 0.2) is 48.9 Å². The van der Waals surface area contributed by atoms with Gasteiger partial charge in [0.1, 0.15) is 5.75 Å². The van der Waals surface area contributed by atoms with Gasteiger partial charge in [-0.25, -0.2) is 9.78 Å². The number of carbonyl (C=O) groups is 1. The van der Waals surface area contributed by atoms with E-state index in [0.717, 1.165) is 35.7 Å². The molecule has 1 fully saturated rings. The van der Waals surface area contributed by atoms with Crippen LogP contribution in [-0.2, 0) is 0 Å². The zero-order chi connectivity index (χ0) is 21.8. The monoisotopic (exact) mass is 418 g/mol. The molecule has 0 radical (unpaired) electrons. The van der Waals surface area contributed by atoms with Crippen LogP contribution in [0.4, 0.5) is 16.3 Å². The Balaban J connectivity index is 1.41. The van der Waals surface area contributed by atoms with E-state index in [1.54, 1.807) is 18.5 Å². The SMILES string of the molecule is Cc1ccc(NC(=O)Nc2cncc(-c3ccc(OCC4(C)CNC4)c(C)c3)n2)cn1. The number of hydrogen-bond acceptors (Lipinski definition) is 6. The Morgan fingerprint density at radius 1 is 1.13 bits per heavy atom. The van der Waals surface area contributed by atoms with Gasteiger partial charge in [-0.05, 0) is 49.7 Å². The first-order valence-corrected chi connectivity index (χ1v) is 10.2. The Kier molecular flexibility index (Phi) is 5.81. The molecule has 31 heavy (non-hydrogen) atoms. The van der Waals surface area contributed by atoms with Crippen LogP contribution in [0.25, 0.3) is 11.3 Å². The summed E-state index contributed by atoms with van der Waals surface area (Å²) in [6.45, 7) is 8.76. The summed E-state index contributed by atoms with van der Waals surface area (Å²) in [6.07, 6.45) is 4.78. The zero-order valence-electron chi connectivity index (χ0n) is 17.9. The molecule has 2 amide bonds. The van der Waals surface area contributed by atoms with Crippen molar-refractivity contribution in [1.82, 2.24) is 20.3 Å². The number of pyridine rings is 1. The number of aryl methyl sites for hydroxylation is 2. The maximum absolute atomic E-state index is 12.3. The number of benzene rings is 1. The molecule has 0 spiro atoms. The molecule has 3 aromatic rings. The number of nitrogens with zero attached hydrogens (tertiary/aromatic N) is 3. The second kappa shape index (κ2) is 8.69. The van der Waals surface area contributed by atoms with Crippen molar-refractivity contribution in [3.05, 3.63) is 60.2 Å². The molecular formula is C23H26N6O2. The quantitative estimate of drug-likeness (QED) is 0.563. The molecule has 1 aromatic carbocycles. The number of aromatic nitrogens is 3. The lowest BCUT2D eigenvalue weighted by Gasteiger charge is -2.38. The third-order valence-corrected chi connectivity index (χ3v) is 5.20. The van der Waals surface area contributed by atoms with Crippen molar-refractivity contribution in [2.24, 2.45) is 5.41 Å². The minimum absolute atomic E-state index is 0.200. The summed E-state index contributed by atoms with van der Waals surface area (Å²) in [5.74, 6) is 1.23. The van der Waals surface area contributed by atoms with Crippen LogP contribution < -0.4 is 20.7 Å². The first kappa shape index (κ1) is 20.7. The van der Waals surface area contributed by atoms with E-state index >= 15 is 0 Å². The third-order valence-electron chi connectivity index (χ3n) is 5.20. The molecule has 0 saturated carbocycles. The second-order valence-corrected chi connectivity index (χ2v) is 8.24. The lowest BCUT2D eigenvalue weighted by Crippen LogP contribution is -2.54. The maximum Gasteiger partial charge on any atom is 0.324 e. The number of rotatable bonds is 6. The normalized spacial score (nSPS) is 14.4. The Hall–Kier alpha value is -3.52. The van der Waals surface area contributed by atoms with Gasteiger partial charge in [-0.2, -0.15) is 0 Å². The van der Waals surface area contributed by atoms with Gasteiger partial charge in [0.05, 0.1) is 36.6 Å². The molecule has 0 bridgehead atoms. The van der Waals surface area contributed by atoms with Gasteiger partial charge in [0.25, 0.3) is 0 Å². The van der Waals surface area contributed by atoms with Crippen LogP contribution in [0.1, 0.15) is 18.2 Å². The van der Waals surface area contributed by atoms with Gasteiger partial charge in [-0.3, -0.25) is 15.3 Å². The molecule has 8 heteroatoms. The van der Waals surface area contributed by atoms with E-state index in [1.807, 2.05) is 38.1 Å². The zero-order valence-corrected chi connectivity index (χ0v) is 17.9. The van der Waals surface area contributed by atoms with Gasteiger partial charge in [0, 0.05) is 29.8 Å². The predicted molar refractivity (Wildman–Crippen MR) is 120 cm³/mol. The maximum atomic E-state index is 12.3. The van der Waals surface area contributed by atoms with Crippen LogP contribution in [-0.4, -0.2) is 40.7 Å². The topological polar surface area (TPSA) is 101 Å². The summed E-state index contributed by atoms with van der Waals surface area (Å²) in [7, 11) is 0. The van der Waals surface area contributed by atoms with Crippen molar-refractivity contribution < 1.29 is 9.53 Å². The van der Waals surface area contributed by atoms with E-state index in [2.05, 4.69) is 37.8 Å². The molecule has 0 unspecified atom stereocenters. The lowest BCUT2D eigenvalue weighted by molar-refractivity contribution is 0.101. The number of anilines is 2. The minimum Gasteiger partial charge on any atom is -0.493 e. The molecule has 2 aromatic heterocycles. The highest BCUT2D eigenvalue weighted by molar-refractivity contribution is 5.99. The van der Waals surface area contributed by atoms with Gasteiger partial charge >= 0.3 is 6.03 Å². The molecule has 4 rings (SSSR count). The number of amides is 2. The van der Waals surface area contributed by atoms with E-state index in [0.29, 0.717) is 23.8 Å². The first-order valence-electron chi connectivity index (χ1n) is 10.2. The largest absolute Gasteiger partial charge is 0.493 e. The summed E-state index contributed by atoms with van der Waals surface area (Å²) < 4.78 is 6.03. The highest BCUT2D eigenvalue weighted by atomic mass is 16.5. The van der Waals surface area contributed by atoms with Crippen molar-refractivity contribution >= 4 is 17.5 Å².